The predicted octanol–water partition coefficient (Wildman–Crippen LogP) is 5.49. The third-order valence-electron chi connectivity index (χ3n) is 7.27. The Hall–Kier alpha value is -3.40. The van der Waals surface area contributed by atoms with E-state index < -0.39 is 29.4 Å². The van der Waals surface area contributed by atoms with Crippen molar-refractivity contribution in [2.24, 2.45) is 5.41 Å². The van der Waals surface area contributed by atoms with Gasteiger partial charge in [-0.05, 0) is 43.5 Å². The van der Waals surface area contributed by atoms with Crippen LogP contribution >= 0.6 is 11.6 Å². The fraction of sp³-hybridized carbons (Fsp3) is 0.407. The van der Waals surface area contributed by atoms with E-state index in [4.69, 9.17) is 16.3 Å². The van der Waals surface area contributed by atoms with Crippen LogP contribution in [0.5, 0.6) is 0 Å². The molecule has 2 heterocycles. The number of aromatic nitrogens is 3. The fourth-order valence-electron chi connectivity index (χ4n) is 5.43. The van der Waals surface area contributed by atoms with Crippen molar-refractivity contribution in [2.45, 2.75) is 57.7 Å². The van der Waals surface area contributed by atoms with Crippen LogP contribution in [0.1, 0.15) is 50.4 Å². The van der Waals surface area contributed by atoms with E-state index in [9.17, 15) is 22.8 Å². The molecule has 1 saturated carbocycles. The second kappa shape index (κ2) is 10.1. The summed E-state index contributed by atoms with van der Waals surface area (Å²) < 4.78 is 47.6. The average molecular weight is 547 g/mol. The van der Waals surface area contributed by atoms with E-state index in [1.807, 2.05) is 0 Å². The van der Waals surface area contributed by atoms with Gasteiger partial charge in [-0.15, -0.1) is 0 Å². The molecule has 2 aliphatic rings. The lowest BCUT2D eigenvalue weighted by molar-refractivity contribution is -0.146. The van der Waals surface area contributed by atoms with Gasteiger partial charge < -0.3 is 10.1 Å². The zero-order valence-electron chi connectivity index (χ0n) is 20.6. The Labute approximate surface area is 222 Å². The van der Waals surface area contributed by atoms with Crippen molar-refractivity contribution in [3.8, 4) is 5.69 Å². The number of pyridine rings is 1. The summed E-state index contributed by atoms with van der Waals surface area (Å²) in [5, 5.41) is 3.33. The Kier molecular flexibility index (Phi) is 6.94. The predicted molar refractivity (Wildman–Crippen MR) is 135 cm³/mol. The number of rotatable bonds is 7. The van der Waals surface area contributed by atoms with Crippen molar-refractivity contribution in [1.82, 2.24) is 19.9 Å². The highest BCUT2D eigenvalue weighted by Gasteiger charge is 2.54. The second-order valence-electron chi connectivity index (χ2n) is 9.61. The highest BCUT2D eigenvalue weighted by Crippen LogP contribution is 2.53. The number of halogens is 4. The SMILES string of the molecule is CCOC(=O)[C@H](Cc1ccc(-n2c(C(F)(F)F)nc3cnccc32)cc1)NC1=C(Cl)C(=O)C12CCCCC2. The summed E-state index contributed by atoms with van der Waals surface area (Å²) >= 11 is 6.30. The van der Waals surface area contributed by atoms with E-state index >= 15 is 0 Å². The average Bonchev–Trinajstić information content (AvgIpc) is 3.32. The van der Waals surface area contributed by atoms with Gasteiger partial charge in [0.1, 0.15) is 16.6 Å². The minimum absolute atomic E-state index is 0.0865. The summed E-state index contributed by atoms with van der Waals surface area (Å²) in [6.07, 6.45) is 2.46. The maximum atomic E-state index is 13.8. The Morgan fingerprint density at radius 3 is 2.55 bits per heavy atom. The molecule has 7 nitrogen and oxygen atoms in total. The first-order valence-corrected chi connectivity index (χ1v) is 12.9. The number of hydrogen-bond donors (Lipinski definition) is 1. The maximum Gasteiger partial charge on any atom is 0.450 e. The van der Waals surface area contributed by atoms with Crippen LogP contribution in [0.2, 0.25) is 0 Å². The number of nitrogens with zero attached hydrogens (tertiary/aromatic N) is 3. The molecule has 1 fully saturated rings. The number of carbonyl (C=O) groups excluding carboxylic acids is 2. The summed E-state index contributed by atoms with van der Waals surface area (Å²) in [5.41, 5.74) is 1.29. The number of esters is 1. The fourth-order valence-corrected chi connectivity index (χ4v) is 5.85. The Bertz CT molecular complexity index is 1410. The van der Waals surface area contributed by atoms with Crippen LogP contribution in [0, 0.1) is 5.41 Å². The van der Waals surface area contributed by atoms with Gasteiger partial charge in [0.25, 0.3) is 0 Å². The van der Waals surface area contributed by atoms with Crippen molar-refractivity contribution in [3.05, 3.63) is 64.8 Å². The van der Waals surface area contributed by atoms with Gasteiger partial charge in [-0.3, -0.25) is 14.3 Å². The third kappa shape index (κ3) is 4.55. The molecular formula is C27H26ClF3N4O3. The number of imidazole rings is 1. The molecule has 3 aromatic rings. The summed E-state index contributed by atoms with van der Waals surface area (Å²) in [6, 6.07) is 7.09. The van der Waals surface area contributed by atoms with E-state index in [0.717, 1.165) is 23.8 Å². The highest BCUT2D eigenvalue weighted by molar-refractivity contribution is 6.47. The molecule has 5 rings (SSSR count). The number of alkyl halides is 3. The molecule has 0 saturated heterocycles. The van der Waals surface area contributed by atoms with E-state index in [2.05, 4.69) is 15.3 Å². The first kappa shape index (κ1) is 26.2. The van der Waals surface area contributed by atoms with E-state index in [1.54, 1.807) is 31.2 Å². The molecular weight excluding hydrogens is 521 g/mol. The quantitative estimate of drug-likeness (QED) is 0.395. The number of benzene rings is 1. The van der Waals surface area contributed by atoms with Crippen LogP contribution in [0.4, 0.5) is 13.2 Å². The summed E-state index contributed by atoms with van der Waals surface area (Å²) in [7, 11) is 0. The van der Waals surface area contributed by atoms with E-state index in [1.165, 1.54) is 18.5 Å². The molecule has 0 bridgehead atoms. The van der Waals surface area contributed by atoms with Gasteiger partial charge in [0.2, 0.25) is 5.82 Å². The van der Waals surface area contributed by atoms with Gasteiger partial charge >= 0.3 is 12.1 Å². The van der Waals surface area contributed by atoms with Gasteiger partial charge in [-0.1, -0.05) is 43.0 Å². The molecule has 1 spiro atoms. The van der Waals surface area contributed by atoms with E-state index in [-0.39, 0.29) is 40.6 Å². The Morgan fingerprint density at radius 2 is 1.89 bits per heavy atom. The third-order valence-corrected chi connectivity index (χ3v) is 7.63. The monoisotopic (exact) mass is 546 g/mol. The maximum absolute atomic E-state index is 13.8. The second-order valence-corrected chi connectivity index (χ2v) is 9.99. The topological polar surface area (TPSA) is 86.1 Å². The number of hydrogen-bond acceptors (Lipinski definition) is 6. The number of ketones is 1. The minimum atomic E-state index is -4.67. The van der Waals surface area contributed by atoms with Crippen LogP contribution in [-0.2, 0) is 26.9 Å². The number of allylic oxidation sites excluding steroid dienone is 2. The molecule has 2 aliphatic carbocycles. The largest absolute Gasteiger partial charge is 0.464 e. The van der Waals surface area contributed by atoms with Crippen LogP contribution in [0.3, 0.4) is 0 Å². The highest BCUT2D eigenvalue weighted by atomic mass is 35.5. The van der Waals surface area contributed by atoms with Gasteiger partial charge in [-0.25, -0.2) is 9.78 Å². The molecule has 0 unspecified atom stereocenters. The lowest BCUT2D eigenvalue weighted by Gasteiger charge is -2.46. The summed E-state index contributed by atoms with van der Waals surface area (Å²) in [4.78, 5) is 33.2. The number of nitrogens with one attached hydrogen (secondary N) is 1. The number of fused-ring (bicyclic) bond motifs is 1. The Morgan fingerprint density at radius 1 is 1.18 bits per heavy atom. The molecule has 1 aromatic carbocycles. The zero-order valence-corrected chi connectivity index (χ0v) is 21.4. The van der Waals surface area contributed by atoms with Crippen LogP contribution < -0.4 is 5.32 Å². The van der Waals surface area contributed by atoms with Crippen molar-refractivity contribution < 1.29 is 27.5 Å². The molecule has 38 heavy (non-hydrogen) atoms. The normalized spacial score (nSPS) is 18.0. The van der Waals surface area contributed by atoms with Crippen molar-refractivity contribution in [3.63, 3.8) is 0 Å². The van der Waals surface area contributed by atoms with Crippen molar-refractivity contribution in [1.29, 1.82) is 0 Å². The molecule has 1 N–H and O–H groups in total. The van der Waals surface area contributed by atoms with Crippen LogP contribution in [0.25, 0.3) is 16.7 Å². The van der Waals surface area contributed by atoms with Crippen molar-refractivity contribution >= 4 is 34.4 Å². The summed E-state index contributed by atoms with van der Waals surface area (Å²) in [5.74, 6) is -1.63. The minimum Gasteiger partial charge on any atom is -0.464 e. The van der Waals surface area contributed by atoms with Gasteiger partial charge in [0.15, 0.2) is 5.78 Å². The lowest BCUT2D eigenvalue weighted by Crippen LogP contribution is -2.53. The molecule has 2 aromatic heterocycles. The van der Waals surface area contributed by atoms with Gasteiger partial charge in [-0.2, -0.15) is 13.2 Å². The molecule has 0 aliphatic heterocycles. The number of ether oxygens (including phenoxy) is 1. The first-order chi connectivity index (χ1) is 18.2. The smallest absolute Gasteiger partial charge is 0.450 e. The van der Waals surface area contributed by atoms with Crippen LogP contribution in [0.15, 0.2) is 53.5 Å². The zero-order chi connectivity index (χ0) is 27.1. The molecule has 0 radical (unpaired) electrons. The molecule has 200 valence electrons. The number of carbonyl (C=O) groups is 2. The Balaban J connectivity index is 1.43. The van der Waals surface area contributed by atoms with Crippen molar-refractivity contribution in [2.75, 3.05) is 6.61 Å². The van der Waals surface area contributed by atoms with Crippen LogP contribution in [-0.4, -0.2) is 38.9 Å². The standard InChI is InChI=1S/C27H26ClF3N4O3/c1-2-38-24(37)18(33-22-21(28)23(36)26(22)11-4-3-5-12-26)14-16-6-8-17(9-7-16)35-20-10-13-32-15-19(20)34-25(35)27(29,30)31/h6-10,13,15,18,33H,2-5,11-12,14H2,1H3/t18-/m0/s1. The molecule has 1 atom stereocenters. The van der Waals surface area contributed by atoms with Gasteiger partial charge in [0.05, 0.1) is 23.7 Å². The number of Topliss-reactive ketones (excluding diaryl/α,β-unsaturated/α-hetero) is 1. The molecule has 11 heteroatoms. The van der Waals surface area contributed by atoms with E-state index in [0.29, 0.717) is 24.1 Å². The van der Waals surface area contributed by atoms with Gasteiger partial charge in [0, 0.05) is 24.0 Å². The molecule has 0 amide bonds. The first-order valence-electron chi connectivity index (χ1n) is 12.5. The summed E-state index contributed by atoms with van der Waals surface area (Å²) in [6.45, 7) is 1.88. The lowest BCUT2D eigenvalue weighted by atomic mass is 9.62.